The van der Waals surface area contributed by atoms with Crippen LogP contribution in [0.15, 0.2) is 35.4 Å². The van der Waals surface area contributed by atoms with Crippen molar-refractivity contribution in [2.75, 3.05) is 11.4 Å². The minimum Gasteiger partial charge on any atom is -0.391 e. The van der Waals surface area contributed by atoms with Crippen LogP contribution in [0.1, 0.15) is 29.6 Å². The molecule has 1 aliphatic heterocycles. The lowest BCUT2D eigenvalue weighted by Crippen LogP contribution is -2.48. The molecule has 37 heavy (non-hydrogen) atoms. The van der Waals surface area contributed by atoms with Crippen LogP contribution in [0, 0.1) is 17.6 Å². The van der Waals surface area contributed by atoms with Crippen LogP contribution in [0.2, 0.25) is 0 Å². The molecule has 3 aromatic heterocycles. The van der Waals surface area contributed by atoms with Crippen LogP contribution < -0.4 is 15.6 Å². The Hall–Kier alpha value is -3.94. The Morgan fingerprint density at radius 2 is 1.92 bits per heavy atom. The molecule has 1 saturated heterocycles. The van der Waals surface area contributed by atoms with Crippen molar-refractivity contribution in [1.29, 1.82) is 0 Å². The fourth-order valence-corrected chi connectivity index (χ4v) is 4.28. The van der Waals surface area contributed by atoms with Gasteiger partial charge in [0.15, 0.2) is 17.3 Å². The van der Waals surface area contributed by atoms with Gasteiger partial charge in [-0.25, -0.2) is 18.7 Å². The Kier molecular flexibility index (Phi) is 5.93. The summed E-state index contributed by atoms with van der Waals surface area (Å²) in [4.78, 5) is 47.3. The summed E-state index contributed by atoms with van der Waals surface area (Å²) >= 11 is 0. The second kappa shape index (κ2) is 8.87. The fourth-order valence-electron chi connectivity index (χ4n) is 4.28. The molecule has 0 spiro atoms. The molecule has 5 rings (SSSR count). The van der Waals surface area contributed by atoms with Gasteiger partial charge in [0.2, 0.25) is 11.3 Å². The van der Waals surface area contributed by atoms with E-state index in [1.54, 1.807) is 0 Å². The molecule has 14 heteroatoms. The molecule has 0 bridgehead atoms. The second-order valence-corrected chi connectivity index (χ2v) is 8.93. The molecule has 0 radical (unpaired) electrons. The van der Waals surface area contributed by atoms with E-state index in [-0.39, 0.29) is 42.7 Å². The van der Waals surface area contributed by atoms with Gasteiger partial charge in [0, 0.05) is 12.3 Å². The van der Waals surface area contributed by atoms with E-state index < -0.39 is 64.5 Å². The predicted molar refractivity (Wildman–Crippen MR) is 118 cm³/mol. The van der Waals surface area contributed by atoms with E-state index >= 15 is 0 Å². The van der Waals surface area contributed by atoms with Crippen LogP contribution in [0.25, 0.3) is 16.9 Å². The number of fused-ring (bicyclic) bond motifs is 1. The van der Waals surface area contributed by atoms with Crippen molar-refractivity contribution in [3.63, 3.8) is 0 Å². The van der Waals surface area contributed by atoms with E-state index in [0.717, 1.165) is 15.7 Å². The Bertz CT molecular complexity index is 1490. The fraction of sp³-hybridized carbons (Fsp3) is 0.348. The summed E-state index contributed by atoms with van der Waals surface area (Å²) in [5.41, 5.74) is -2.02. The Morgan fingerprint density at radius 3 is 2.51 bits per heavy atom. The van der Waals surface area contributed by atoms with Gasteiger partial charge < -0.3 is 10.4 Å². The topological polar surface area (TPSA) is 117 Å². The zero-order chi connectivity index (χ0) is 26.6. The maximum atomic E-state index is 14.7. The number of aliphatic hydroxyl groups is 1. The van der Waals surface area contributed by atoms with E-state index in [1.165, 1.54) is 12.1 Å². The summed E-state index contributed by atoms with van der Waals surface area (Å²) in [6, 6.07) is 0.748. The van der Waals surface area contributed by atoms with E-state index in [9.17, 15) is 41.4 Å². The van der Waals surface area contributed by atoms with E-state index in [1.807, 2.05) is 5.32 Å². The highest BCUT2D eigenvalue weighted by Gasteiger charge is 2.50. The number of alkyl halides is 3. The lowest BCUT2D eigenvalue weighted by Gasteiger charge is -2.22. The first kappa shape index (κ1) is 24.7. The first-order chi connectivity index (χ1) is 17.4. The van der Waals surface area contributed by atoms with Gasteiger partial charge >= 0.3 is 6.18 Å². The molecule has 2 aliphatic rings. The molecular weight excluding hydrogens is 505 g/mol. The number of hydrogen-bond donors (Lipinski definition) is 2. The third-order valence-electron chi connectivity index (χ3n) is 6.21. The van der Waals surface area contributed by atoms with Gasteiger partial charge in [0.05, 0.1) is 30.7 Å². The molecule has 2 N–H and O–H groups in total. The Balaban J connectivity index is 1.67. The van der Waals surface area contributed by atoms with Crippen LogP contribution in [-0.2, 0) is 4.79 Å². The number of nitrogens with zero attached hydrogens (tertiary/aromatic N) is 4. The highest BCUT2D eigenvalue weighted by molar-refractivity contribution is 5.99. The lowest BCUT2D eigenvalue weighted by atomic mass is 10.1. The highest BCUT2D eigenvalue weighted by atomic mass is 19.4. The van der Waals surface area contributed by atoms with Gasteiger partial charge in [-0.3, -0.25) is 23.9 Å². The molecule has 2 fully saturated rings. The number of halogens is 5. The molecular formula is C23H18F5N5O4. The molecule has 2 atom stereocenters. The van der Waals surface area contributed by atoms with Crippen molar-refractivity contribution in [2.45, 2.75) is 37.6 Å². The maximum Gasteiger partial charge on any atom is 0.408 e. The number of carbonyl (C=O) groups is 2. The van der Waals surface area contributed by atoms with Crippen molar-refractivity contribution < 1.29 is 36.6 Å². The minimum absolute atomic E-state index is 0.00668. The molecule has 2 amide bonds. The van der Waals surface area contributed by atoms with Gasteiger partial charge in [-0.15, -0.1) is 0 Å². The third kappa shape index (κ3) is 4.63. The lowest BCUT2D eigenvalue weighted by molar-refractivity contribution is -0.158. The van der Waals surface area contributed by atoms with Crippen LogP contribution in [0.3, 0.4) is 0 Å². The number of hydrogen-bond acceptors (Lipinski definition) is 6. The summed E-state index contributed by atoms with van der Waals surface area (Å²) in [6.45, 7) is -0.0920. The average molecular weight is 523 g/mol. The van der Waals surface area contributed by atoms with Gasteiger partial charge in [0.25, 0.3) is 5.91 Å². The van der Waals surface area contributed by atoms with Gasteiger partial charge in [-0.05, 0) is 30.9 Å². The molecule has 4 heterocycles. The average Bonchev–Trinajstić information content (AvgIpc) is 3.60. The summed E-state index contributed by atoms with van der Waals surface area (Å²) in [6.07, 6.45) is -3.91. The molecule has 194 valence electrons. The monoisotopic (exact) mass is 523 g/mol. The molecule has 3 aromatic rings. The molecule has 9 nitrogen and oxygen atoms in total. The quantitative estimate of drug-likeness (QED) is 0.496. The number of aromatic nitrogens is 3. The van der Waals surface area contributed by atoms with E-state index in [0.29, 0.717) is 12.3 Å². The highest BCUT2D eigenvalue weighted by Crippen LogP contribution is 2.40. The maximum absolute atomic E-state index is 14.7. The van der Waals surface area contributed by atoms with E-state index in [4.69, 9.17) is 0 Å². The van der Waals surface area contributed by atoms with Crippen LogP contribution in [0.5, 0.6) is 0 Å². The SMILES string of the molecule is O=C(N[C@@H](C1CC1)C(F)(F)F)c1cn(-c2ncc(F)cc2F)c2nc(N3C[C@@H](O)CC3=O)ccc2c1=O. The number of anilines is 1. The number of aliphatic hydroxyl groups excluding tert-OH is 1. The predicted octanol–water partition coefficient (Wildman–Crippen LogP) is 2.23. The number of carbonyl (C=O) groups excluding carboxylic acids is 2. The van der Waals surface area contributed by atoms with Crippen LogP contribution in [-0.4, -0.2) is 56.3 Å². The molecule has 1 saturated carbocycles. The Morgan fingerprint density at radius 1 is 1.19 bits per heavy atom. The van der Waals surface area contributed by atoms with Gasteiger partial charge in [-0.2, -0.15) is 13.2 Å². The van der Waals surface area contributed by atoms with Crippen molar-refractivity contribution >= 4 is 28.7 Å². The van der Waals surface area contributed by atoms with Crippen molar-refractivity contribution in [3.8, 4) is 5.82 Å². The van der Waals surface area contributed by atoms with Crippen molar-refractivity contribution in [1.82, 2.24) is 19.9 Å². The number of amides is 2. The zero-order valence-corrected chi connectivity index (χ0v) is 18.8. The zero-order valence-electron chi connectivity index (χ0n) is 18.8. The summed E-state index contributed by atoms with van der Waals surface area (Å²) in [5, 5.41) is 11.4. The van der Waals surface area contributed by atoms with Crippen LogP contribution in [0.4, 0.5) is 27.8 Å². The molecule has 0 unspecified atom stereocenters. The normalized spacial score (nSPS) is 18.9. The number of nitrogens with one attached hydrogen (secondary N) is 1. The van der Waals surface area contributed by atoms with Crippen LogP contribution >= 0.6 is 0 Å². The van der Waals surface area contributed by atoms with Crippen molar-refractivity contribution in [3.05, 3.63) is 58.0 Å². The molecule has 0 aromatic carbocycles. The van der Waals surface area contributed by atoms with Crippen molar-refractivity contribution in [2.24, 2.45) is 5.92 Å². The second-order valence-electron chi connectivity index (χ2n) is 8.93. The minimum atomic E-state index is -4.75. The Labute approximate surface area is 204 Å². The van der Waals surface area contributed by atoms with Gasteiger partial charge in [0.1, 0.15) is 23.2 Å². The first-order valence-electron chi connectivity index (χ1n) is 11.2. The summed E-state index contributed by atoms with van der Waals surface area (Å²) in [5.74, 6) is -5.44. The number of β-amino-alcohol motifs (C(OH)–C–C–N with tert-alkyl or cyclic N) is 1. The third-order valence-corrected chi connectivity index (χ3v) is 6.21. The summed E-state index contributed by atoms with van der Waals surface area (Å²) in [7, 11) is 0. The van der Waals surface area contributed by atoms with Gasteiger partial charge in [-0.1, -0.05) is 0 Å². The molecule has 1 aliphatic carbocycles. The summed E-state index contributed by atoms with van der Waals surface area (Å²) < 4.78 is 69.5. The number of pyridine rings is 3. The largest absolute Gasteiger partial charge is 0.408 e. The first-order valence-corrected chi connectivity index (χ1v) is 11.2. The standard InChI is InChI=1S/C23H18F5N5O4/c24-11-5-15(25)21(29-7-11)33-9-14(22(37)31-19(10-1-2-10)23(26,27)28)18(36)13-3-4-16(30-20(13)33)32-8-12(34)6-17(32)35/h3-5,7,9-10,12,19,34H,1-2,6,8H2,(H,31,37)/t12-,19-/m0/s1. The number of rotatable bonds is 5. The smallest absolute Gasteiger partial charge is 0.391 e. The van der Waals surface area contributed by atoms with E-state index in [2.05, 4.69) is 9.97 Å².